The maximum Gasteiger partial charge on any atom is 0.312 e. The number of aromatic hydroxyl groups is 3. The van der Waals surface area contributed by atoms with Gasteiger partial charge in [0.15, 0.2) is 5.75 Å². The normalized spacial score (nSPS) is 32.3. The van der Waals surface area contributed by atoms with Gasteiger partial charge in [0.25, 0.3) is 11.7 Å². The second kappa shape index (κ2) is 16.5. The predicted molar refractivity (Wildman–Crippen MR) is 201 cm³/mol. The zero-order valence-corrected chi connectivity index (χ0v) is 32.3. The fraction of sp³-hybridized carbons (Fsp3) is 0.550. The van der Waals surface area contributed by atoms with Crippen molar-refractivity contribution in [2.24, 2.45) is 23.7 Å². The number of ketones is 1. The summed E-state index contributed by atoms with van der Waals surface area (Å²) in [4.78, 5) is 29.8. The Kier molecular flexibility index (Phi) is 12.9. The molecule has 0 saturated heterocycles. The smallest absolute Gasteiger partial charge is 0.312 e. The van der Waals surface area contributed by atoms with Crippen LogP contribution in [0.15, 0.2) is 36.1 Å². The molecule has 0 spiro atoms. The number of benzene rings is 2. The summed E-state index contributed by atoms with van der Waals surface area (Å²) in [5.74, 6) is -7.16. The van der Waals surface area contributed by atoms with Gasteiger partial charge in [0.2, 0.25) is 0 Å². The van der Waals surface area contributed by atoms with Gasteiger partial charge in [-0.05, 0) is 33.0 Å². The Morgan fingerprint density at radius 1 is 0.868 bits per heavy atom. The average molecular weight is 741 g/mol. The number of carbonyl (C=O) groups excluding carboxylic acids is 2. The Morgan fingerprint density at radius 3 is 2.08 bits per heavy atom. The first-order valence-electron chi connectivity index (χ1n) is 18.2. The van der Waals surface area contributed by atoms with Gasteiger partial charge in [-0.1, -0.05) is 59.8 Å². The minimum atomic E-state index is -1.98. The highest BCUT2D eigenvalue weighted by Gasteiger charge is 2.50. The average Bonchev–Trinajstić information content (AvgIpc) is 3.40. The molecule has 1 amide bonds. The van der Waals surface area contributed by atoms with Crippen molar-refractivity contribution in [3.8, 4) is 23.0 Å². The number of nitrogens with zero attached hydrogens (tertiary/aromatic N) is 1. The van der Waals surface area contributed by atoms with Crippen LogP contribution < -0.4 is 10.1 Å². The number of amides is 1. The molecule has 3 aliphatic rings. The van der Waals surface area contributed by atoms with E-state index in [1.165, 1.54) is 39.4 Å². The van der Waals surface area contributed by atoms with Gasteiger partial charge in [0.1, 0.15) is 17.2 Å². The fourth-order valence-electron chi connectivity index (χ4n) is 7.22. The van der Waals surface area contributed by atoms with Gasteiger partial charge in [0, 0.05) is 66.3 Å². The van der Waals surface area contributed by atoms with Gasteiger partial charge in [-0.15, -0.1) is 0 Å². The summed E-state index contributed by atoms with van der Waals surface area (Å²) in [6.07, 6.45) is 3.62. The van der Waals surface area contributed by atoms with Gasteiger partial charge in [-0.25, -0.2) is 0 Å². The number of ether oxygens (including phenoxy) is 3. The third-order valence-electron chi connectivity index (χ3n) is 11.1. The van der Waals surface area contributed by atoms with Crippen molar-refractivity contribution >= 4 is 28.2 Å². The van der Waals surface area contributed by atoms with Crippen molar-refractivity contribution in [3.05, 3.63) is 52.8 Å². The topological polar surface area (TPSA) is 198 Å². The largest absolute Gasteiger partial charge is 0.507 e. The maximum atomic E-state index is 14.3. The second-order valence-electron chi connectivity index (χ2n) is 14.6. The van der Waals surface area contributed by atoms with Crippen molar-refractivity contribution in [1.82, 2.24) is 4.90 Å². The van der Waals surface area contributed by atoms with Crippen molar-refractivity contribution in [2.75, 3.05) is 25.5 Å². The van der Waals surface area contributed by atoms with Crippen LogP contribution in [0.5, 0.6) is 23.0 Å². The van der Waals surface area contributed by atoms with E-state index in [0.717, 1.165) is 0 Å². The molecule has 2 aromatic carbocycles. The minimum Gasteiger partial charge on any atom is -0.507 e. The van der Waals surface area contributed by atoms with E-state index in [0.29, 0.717) is 13.1 Å². The third kappa shape index (κ3) is 7.76. The van der Waals surface area contributed by atoms with Crippen LogP contribution in [0.3, 0.4) is 0 Å². The molecule has 7 N–H and O–H groups in total. The van der Waals surface area contributed by atoms with Crippen LogP contribution in [0.2, 0.25) is 0 Å². The minimum absolute atomic E-state index is 0.0484. The molecule has 3 aliphatic heterocycles. The number of phenolic OH excluding ortho intramolecular Hbond substituents is 3. The molecule has 292 valence electrons. The molecule has 3 heterocycles. The van der Waals surface area contributed by atoms with Crippen molar-refractivity contribution < 1.29 is 54.4 Å². The number of allylic oxidation sites excluding steroid dienone is 2. The Bertz CT molecular complexity index is 1800. The number of methoxy groups -OCH3 is 1. The molecule has 0 radical (unpaired) electrons. The zero-order valence-electron chi connectivity index (χ0n) is 32.3. The van der Waals surface area contributed by atoms with E-state index < -0.39 is 82.8 Å². The Morgan fingerprint density at radius 2 is 1.47 bits per heavy atom. The number of nitrogens with one attached hydrogen (secondary N) is 1. The van der Waals surface area contributed by atoms with Crippen molar-refractivity contribution in [2.45, 2.75) is 99.1 Å². The number of hydrogen-bond acceptors (Lipinski definition) is 12. The van der Waals surface area contributed by atoms with Crippen LogP contribution in [0, 0.1) is 30.6 Å². The van der Waals surface area contributed by atoms with Crippen LogP contribution in [0.25, 0.3) is 10.8 Å². The number of rotatable bonds is 5. The molecule has 0 fully saturated rings. The summed E-state index contributed by atoms with van der Waals surface area (Å²) >= 11 is 0. The number of anilines is 1. The number of carbonyl (C=O) groups is 2. The Balaban J connectivity index is 1.97. The number of phenols is 3. The molecule has 13 nitrogen and oxygen atoms in total. The second-order valence-corrected chi connectivity index (χ2v) is 14.6. The highest BCUT2D eigenvalue weighted by Crippen LogP contribution is 2.55. The summed E-state index contributed by atoms with van der Waals surface area (Å²) in [5, 5.41) is 71.3. The summed E-state index contributed by atoms with van der Waals surface area (Å²) in [6.45, 7) is 16.3. The first-order valence-corrected chi connectivity index (χ1v) is 18.2. The SMILES string of the molecule is CCN(CC)Cc1c2c(O)c3c(O)c(C)c4c(c3c1O)C(=O)[C@@](C)(O/C=C/[C@@H](OC)[C@H](C)[C@H](O)[C@@H](C)[C@@H](O)[C@@H](C)[C@H](O)[C@H](C)/C=C/C=C(\C)C(=O)N2)O4. The van der Waals surface area contributed by atoms with E-state index in [9.17, 15) is 40.2 Å². The molecular weight excluding hydrogens is 684 g/mol. The lowest BCUT2D eigenvalue weighted by atomic mass is 9.78. The number of fused-ring (bicyclic) bond motifs is 14. The lowest BCUT2D eigenvalue weighted by molar-refractivity contribution is -0.112. The van der Waals surface area contributed by atoms with Crippen LogP contribution in [-0.4, -0.2) is 97.6 Å². The molecule has 9 atom stereocenters. The molecule has 0 aliphatic carbocycles. The van der Waals surface area contributed by atoms with E-state index in [4.69, 9.17) is 14.2 Å². The molecule has 0 aromatic heterocycles. The number of hydrogen-bond donors (Lipinski definition) is 7. The van der Waals surface area contributed by atoms with Gasteiger partial charge in [-0.3, -0.25) is 14.5 Å². The van der Waals surface area contributed by atoms with E-state index >= 15 is 0 Å². The van der Waals surface area contributed by atoms with E-state index in [1.807, 2.05) is 18.7 Å². The summed E-state index contributed by atoms with van der Waals surface area (Å²) in [7, 11) is 1.44. The molecular formula is C40H56N2O11. The molecule has 2 aromatic rings. The van der Waals surface area contributed by atoms with E-state index in [2.05, 4.69) is 5.32 Å². The predicted octanol–water partition coefficient (Wildman–Crippen LogP) is 5.03. The third-order valence-corrected chi connectivity index (χ3v) is 11.1. The molecule has 0 saturated carbocycles. The fourth-order valence-corrected chi connectivity index (χ4v) is 7.22. The standard InChI is InChI=1S/C40H56N2O11/c1-11-42(12-2)18-25-30-36(48)28-27(35(25)47)29-37(24(8)34(28)46)53-40(9,38(29)49)52-17-16-26(51-10)21(5)32(44)23(7)33(45)22(6)31(43)19(3)14-13-15-20(4)39(50)41-30/h13-17,19,21-23,26,31-33,43-48H,11-12,18H2,1-10H3,(H,41,50)/b14-13+,17-16+,20-15+/t19-,21+,22+,23-,26-,31-,32+,33+,40+/m1/s1. The van der Waals surface area contributed by atoms with Crippen LogP contribution in [0.1, 0.15) is 76.9 Å². The van der Waals surface area contributed by atoms with E-state index in [1.54, 1.807) is 46.8 Å². The molecule has 53 heavy (non-hydrogen) atoms. The van der Waals surface area contributed by atoms with Gasteiger partial charge in [-0.2, -0.15) is 0 Å². The van der Waals surface area contributed by atoms with Gasteiger partial charge >= 0.3 is 5.79 Å². The van der Waals surface area contributed by atoms with Crippen molar-refractivity contribution in [3.63, 3.8) is 0 Å². The molecule has 0 unspecified atom stereocenters. The lowest BCUT2D eigenvalue weighted by Crippen LogP contribution is -2.44. The number of Topliss-reactive ketones (excluding diaryl/α,β-unsaturated/α-hetero) is 1. The first kappa shape index (κ1) is 41.6. The van der Waals surface area contributed by atoms with Gasteiger partial charge in [0.05, 0.1) is 47.3 Å². The molecule has 5 rings (SSSR count). The van der Waals surface area contributed by atoms with Gasteiger partial charge < -0.3 is 50.2 Å². The van der Waals surface area contributed by atoms with Crippen LogP contribution in [0.4, 0.5) is 5.69 Å². The first-order chi connectivity index (χ1) is 24.9. The summed E-state index contributed by atoms with van der Waals surface area (Å²) in [6, 6.07) is 0. The summed E-state index contributed by atoms with van der Waals surface area (Å²) in [5.41, 5.74) is 0.177. The van der Waals surface area contributed by atoms with Crippen LogP contribution >= 0.6 is 0 Å². The summed E-state index contributed by atoms with van der Waals surface area (Å²) < 4.78 is 17.6. The molecule has 13 heteroatoms. The maximum absolute atomic E-state index is 14.3. The van der Waals surface area contributed by atoms with Crippen molar-refractivity contribution in [1.29, 1.82) is 0 Å². The lowest BCUT2D eigenvalue weighted by Gasteiger charge is -2.36. The Hall–Kier alpha value is -4.14. The highest BCUT2D eigenvalue weighted by atomic mass is 16.7. The Labute approximate surface area is 311 Å². The monoisotopic (exact) mass is 740 g/mol. The quantitative estimate of drug-likeness (QED) is 0.160. The highest BCUT2D eigenvalue weighted by molar-refractivity contribution is 6.22. The number of aliphatic hydroxyl groups is 3. The number of aliphatic hydroxyl groups excluding tert-OH is 3. The van der Waals surface area contributed by atoms with E-state index in [-0.39, 0.29) is 51.0 Å². The molecule has 5 bridgehead atoms. The van der Waals surface area contributed by atoms with Crippen LogP contribution in [-0.2, 0) is 20.8 Å². The zero-order chi connectivity index (χ0) is 39.7.